The summed E-state index contributed by atoms with van der Waals surface area (Å²) in [4.78, 5) is 11.0. The summed E-state index contributed by atoms with van der Waals surface area (Å²) >= 11 is 0. The van der Waals surface area contributed by atoms with E-state index in [2.05, 4.69) is 26.9 Å². The van der Waals surface area contributed by atoms with Crippen LogP contribution >= 0.6 is 0 Å². The molecule has 0 atom stereocenters. The predicted molar refractivity (Wildman–Crippen MR) is 88.5 cm³/mol. The smallest absolute Gasteiger partial charge is 0.306 e. The third-order valence-corrected chi connectivity index (χ3v) is 4.95. The van der Waals surface area contributed by atoms with Gasteiger partial charge in [0, 0.05) is 17.3 Å². The first-order chi connectivity index (χ1) is 11.7. The number of hydrogen-bond acceptors (Lipinski definition) is 5. The number of aromatic nitrogens is 4. The lowest BCUT2D eigenvalue weighted by molar-refractivity contribution is -0.142. The summed E-state index contributed by atoms with van der Waals surface area (Å²) in [7, 11) is 0. The fourth-order valence-corrected chi connectivity index (χ4v) is 3.42. The van der Waals surface area contributed by atoms with Crippen LogP contribution in [0.15, 0.2) is 24.3 Å². The van der Waals surface area contributed by atoms with Crippen molar-refractivity contribution in [1.29, 1.82) is 0 Å². The molecule has 0 amide bonds. The first kappa shape index (κ1) is 15.1. The zero-order valence-corrected chi connectivity index (χ0v) is 13.4. The monoisotopic (exact) mass is 327 g/mol. The Kier molecular flexibility index (Phi) is 3.92. The van der Waals surface area contributed by atoms with Crippen molar-refractivity contribution in [2.45, 2.75) is 50.6 Å². The Morgan fingerprint density at radius 1 is 1.17 bits per heavy atom. The van der Waals surface area contributed by atoms with E-state index in [1.807, 2.05) is 22.9 Å². The van der Waals surface area contributed by atoms with Crippen molar-refractivity contribution < 1.29 is 9.90 Å². The molecule has 2 aliphatic carbocycles. The van der Waals surface area contributed by atoms with Gasteiger partial charge in [-0.25, -0.2) is 4.68 Å². The van der Waals surface area contributed by atoms with Gasteiger partial charge in [0.05, 0.1) is 12.0 Å². The van der Waals surface area contributed by atoms with Crippen molar-refractivity contribution in [1.82, 2.24) is 20.2 Å². The van der Waals surface area contributed by atoms with E-state index in [-0.39, 0.29) is 5.92 Å². The molecule has 2 N–H and O–H groups in total. The van der Waals surface area contributed by atoms with E-state index in [1.165, 1.54) is 0 Å². The minimum Gasteiger partial charge on any atom is -0.481 e. The molecule has 24 heavy (non-hydrogen) atoms. The van der Waals surface area contributed by atoms with Gasteiger partial charge < -0.3 is 10.4 Å². The molecule has 2 fully saturated rings. The lowest BCUT2D eigenvalue weighted by Crippen LogP contribution is -2.29. The van der Waals surface area contributed by atoms with E-state index >= 15 is 0 Å². The molecule has 0 unspecified atom stereocenters. The van der Waals surface area contributed by atoms with Gasteiger partial charge in [-0.15, -0.1) is 5.10 Å². The van der Waals surface area contributed by atoms with Gasteiger partial charge in [0.1, 0.15) is 0 Å². The molecule has 2 aromatic rings. The zero-order valence-electron chi connectivity index (χ0n) is 13.4. The summed E-state index contributed by atoms with van der Waals surface area (Å²) in [6.07, 6.45) is 5.55. The van der Waals surface area contributed by atoms with E-state index in [4.69, 9.17) is 5.11 Å². The molecular formula is C17H21N5O2. The fraction of sp³-hybridized carbons (Fsp3) is 0.529. The van der Waals surface area contributed by atoms with Crippen molar-refractivity contribution in [2.24, 2.45) is 5.92 Å². The summed E-state index contributed by atoms with van der Waals surface area (Å²) in [5.74, 6) is -0.0318. The quantitative estimate of drug-likeness (QED) is 0.877. The Hall–Kier alpha value is -2.44. The molecule has 1 heterocycles. The fourth-order valence-electron chi connectivity index (χ4n) is 3.42. The number of nitrogens with one attached hydrogen (secondary N) is 1. The molecule has 7 nitrogen and oxygen atoms in total. The summed E-state index contributed by atoms with van der Waals surface area (Å²) in [5, 5.41) is 24.7. The van der Waals surface area contributed by atoms with Crippen molar-refractivity contribution in [2.75, 3.05) is 5.32 Å². The Morgan fingerprint density at radius 3 is 2.67 bits per heavy atom. The average molecular weight is 327 g/mol. The number of aliphatic carboxylic acids is 1. The second-order valence-corrected chi connectivity index (χ2v) is 6.79. The largest absolute Gasteiger partial charge is 0.481 e. The van der Waals surface area contributed by atoms with E-state index in [9.17, 15) is 4.79 Å². The number of rotatable bonds is 5. The maximum absolute atomic E-state index is 11.0. The SMILES string of the molecule is O=C(O)C1CCC(Nc2cccc(-c3nnnn3C3CC3)c2)CC1. The minimum atomic E-state index is -0.664. The summed E-state index contributed by atoms with van der Waals surface area (Å²) in [6, 6.07) is 8.92. The highest BCUT2D eigenvalue weighted by molar-refractivity contribution is 5.70. The number of benzene rings is 1. The van der Waals surface area contributed by atoms with Gasteiger partial charge in [-0.2, -0.15) is 0 Å². The van der Waals surface area contributed by atoms with Gasteiger partial charge in [0.2, 0.25) is 0 Å². The molecule has 0 spiro atoms. The van der Waals surface area contributed by atoms with Crippen LogP contribution in [0.4, 0.5) is 5.69 Å². The van der Waals surface area contributed by atoms with Gasteiger partial charge >= 0.3 is 5.97 Å². The van der Waals surface area contributed by atoms with Gasteiger partial charge in [-0.1, -0.05) is 12.1 Å². The summed E-state index contributed by atoms with van der Waals surface area (Å²) in [6.45, 7) is 0. The molecular weight excluding hydrogens is 306 g/mol. The first-order valence-corrected chi connectivity index (χ1v) is 8.58. The van der Waals surface area contributed by atoms with Crippen molar-refractivity contribution in [3.63, 3.8) is 0 Å². The number of tetrazole rings is 1. The Labute approximate surface area is 140 Å². The van der Waals surface area contributed by atoms with Crippen LogP contribution in [0.2, 0.25) is 0 Å². The molecule has 2 saturated carbocycles. The lowest BCUT2D eigenvalue weighted by atomic mass is 9.86. The Morgan fingerprint density at radius 2 is 1.96 bits per heavy atom. The van der Waals surface area contributed by atoms with Crippen molar-refractivity contribution in [3.05, 3.63) is 24.3 Å². The van der Waals surface area contributed by atoms with E-state index in [0.29, 0.717) is 12.1 Å². The molecule has 7 heteroatoms. The van der Waals surface area contributed by atoms with Crippen LogP contribution in [0.25, 0.3) is 11.4 Å². The van der Waals surface area contributed by atoms with E-state index < -0.39 is 5.97 Å². The maximum atomic E-state index is 11.0. The molecule has 0 saturated heterocycles. The van der Waals surface area contributed by atoms with Gasteiger partial charge in [0.25, 0.3) is 0 Å². The van der Waals surface area contributed by atoms with Gasteiger partial charge in [0.15, 0.2) is 5.82 Å². The second-order valence-electron chi connectivity index (χ2n) is 6.79. The van der Waals surface area contributed by atoms with Crippen LogP contribution in [0.5, 0.6) is 0 Å². The number of carboxylic acid groups (broad SMARTS) is 1. The number of nitrogens with zero attached hydrogens (tertiary/aromatic N) is 4. The van der Waals surface area contributed by atoms with Gasteiger partial charge in [-0.05, 0) is 61.1 Å². The molecule has 1 aromatic carbocycles. The Bertz CT molecular complexity index is 732. The average Bonchev–Trinajstić information content (AvgIpc) is 3.32. The second kappa shape index (κ2) is 6.22. The topological polar surface area (TPSA) is 92.9 Å². The zero-order chi connectivity index (χ0) is 16.5. The molecule has 126 valence electrons. The molecule has 0 aliphatic heterocycles. The van der Waals surface area contributed by atoms with E-state index in [0.717, 1.165) is 55.6 Å². The van der Waals surface area contributed by atoms with Crippen molar-refractivity contribution in [3.8, 4) is 11.4 Å². The predicted octanol–water partition coefficient (Wildman–Crippen LogP) is 2.73. The molecule has 0 bridgehead atoms. The van der Waals surface area contributed by atoms with E-state index in [1.54, 1.807) is 0 Å². The number of carboxylic acids is 1. The normalized spacial score (nSPS) is 23.8. The highest BCUT2D eigenvalue weighted by Crippen LogP contribution is 2.37. The minimum absolute atomic E-state index is 0.183. The third kappa shape index (κ3) is 3.11. The number of anilines is 1. The Balaban J connectivity index is 1.45. The van der Waals surface area contributed by atoms with Crippen LogP contribution in [-0.4, -0.2) is 37.3 Å². The molecule has 1 aromatic heterocycles. The van der Waals surface area contributed by atoms with Crippen LogP contribution < -0.4 is 5.32 Å². The third-order valence-electron chi connectivity index (χ3n) is 4.95. The standard InChI is InChI=1S/C17H21N5O2/c23-17(24)11-4-6-13(7-5-11)18-14-3-1-2-12(10-14)16-19-20-21-22(16)15-8-9-15/h1-3,10-11,13,15,18H,4-9H2,(H,23,24). The van der Waals surface area contributed by atoms with Crippen LogP contribution in [0.3, 0.4) is 0 Å². The molecule has 2 aliphatic rings. The van der Waals surface area contributed by atoms with Crippen LogP contribution in [-0.2, 0) is 4.79 Å². The van der Waals surface area contributed by atoms with Gasteiger partial charge in [-0.3, -0.25) is 4.79 Å². The van der Waals surface area contributed by atoms with Crippen LogP contribution in [0, 0.1) is 5.92 Å². The highest BCUT2D eigenvalue weighted by atomic mass is 16.4. The number of hydrogen-bond donors (Lipinski definition) is 2. The first-order valence-electron chi connectivity index (χ1n) is 8.58. The molecule has 4 rings (SSSR count). The maximum Gasteiger partial charge on any atom is 0.306 e. The lowest BCUT2D eigenvalue weighted by Gasteiger charge is -2.27. The number of carbonyl (C=O) groups is 1. The summed E-state index contributed by atoms with van der Waals surface area (Å²) in [5.41, 5.74) is 2.05. The van der Waals surface area contributed by atoms with Crippen molar-refractivity contribution >= 4 is 11.7 Å². The summed E-state index contributed by atoms with van der Waals surface area (Å²) < 4.78 is 1.91. The highest BCUT2D eigenvalue weighted by Gasteiger charge is 2.28. The molecule has 0 radical (unpaired) electrons. The van der Waals surface area contributed by atoms with Crippen LogP contribution in [0.1, 0.15) is 44.6 Å².